The second-order valence-electron chi connectivity index (χ2n) is 13.4. The van der Waals surface area contributed by atoms with Crippen molar-refractivity contribution in [1.29, 1.82) is 0 Å². The highest BCUT2D eigenvalue weighted by atomic mass is 16.5. The van der Waals surface area contributed by atoms with Crippen LogP contribution in [0.4, 0.5) is 0 Å². The molecule has 2 saturated heterocycles. The summed E-state index contributed by atoms with van der Waals surface area (Å²) >= 11 is 0. The van der Waals surface area contributed by atoms with Gasteiger partial charge in [0.1, 0.15) is 11.8 Å². The van der Waals surface area contributed by atoms with E-state index in [9.17, 15) is 4.79 Å². The topological polar surface area (TPSA) is 47.6 Å². The molecule has 0 radical (unpaired) electrons. The molecule has 1 N–H and O–H groups in total. The van der Waals surface area contributed by atoms with Crippen molar-refractivity contribution in [3.63, 3.8) is 0 Å². The van der Waals surface area contributed by atoms with E-state index in [1.165, 1.54) is 44.9 Å². The van der Waals surface area contributed by atoms with Crippen molar-refractivity contribution >= 4 is 5.97 Å². The van der Waals surface area contributed by atoms with Crippen molar-refractivity contribution in [3.05, 3.63) is 11.6 Å². The highest BCUT2D eigenvalue weighted by Crippen LogP contribution is 2.70. The molecule has 0 unspecified atom stereocenters. The van der Waals surface area contributed by atoms with E-state index >= 15 is 0 Å². The van der Waals surface area contributed by atoms with Crippen LogP contribution in [-0.2, 0) is 14.3 Å². The number of carbonyl (C=O) groups excluding carboxylic acids is 1. The van der Waals surface area contributed by atoms with Crippen LogP contribution in [0, 0.1) is 46.3 Å². The second kappa shape index (κ2) is 7.56. The molecule has 0 aromatic carbocycles. The number of hydrogen-bond acceptors (Lipinski definition) is 4. The SMILES string of the molecule is CC(=O)O[C@H]1CC[C@@]2(C)C(=CC[C@H]3[C@@H]4C[C@@H]5O[C@@]6(CC[C@H](C)CN6)[C@@H](C)[C@@H]5[C@@]4(C)CC[C@@H]32)C1. The average Bonchev–Trinajstić information content (AvgIpc) is 3.21. The molecule has 4 aliphatic carbocycles. The third kappa shape index (κ3) is 3.18. The molecule has 0 aromatic rings. The van der Waals surface area contributed by atoms with Gasteiger partial charge in [-0.15, -0.1) is 0 Å². The normalized spacial score (nSPS) is 55.2. The molecular weight excluding hydrogens is 410 g/mol. The van der Waals surface area contributed by atoms with Gasteiger partial charge < -0.3 is 9.47 Å². The number of allylic oxidation sites excluding steroid dienone is 1. The summed E-state index contributed by atoms with van der Waals surface area (Å²) in [6.07, 6.45) is 13.9. The Morgan fingerprint density at radius 3 is 2.67 bits per heavy atom. The zero-order valence-electron chi connectivity index (χ0n) is 21.5. The van der Waals surface area contributed by atoms with Crippen LogP contribution in [0.1, 0.15) is 92.4 Å². The lowest BCUT2D eigenvalue weighted by Crippen LogP contribution is -2.57. The van der Waals surface area contributed by atoms with Gasteiger partial charge in [-0.2, -0.15) is 0 Å². The van der Waals surface area contributed by atoms with Crippen molar-refractivity contribution < 1.29 is 14.3 Å². The summed E-state index contributed by atoms with van der Waals surface area (Å²) < 4.78 is 12.6. The Hall–Kier alpha value is -0.870. The van der Waals surface area contributed by atoms with Gasteiger partial charge in [-0.05, 0) is 91.8 Å². The van der Waals surface area contributed by atoms with Crippen LogP contribution < -0.4 is 5.32 Å². The Labute approximate surface area is 200 Å². The van der Waals surface area contributed by atoms with Gasteiger partial charge in [0.25, 0.3) is 0 Å². The minimum absolute atomic E-state index is 0.0621. The first-order valence-electron chi connectivity index (χ1n) is 14.0. The standard InChI is InChI=1S/C29H45NO3/c1-17-8-13-29(30-16-17)18(2)26-25(33-29)15-24-22-7-6-20-14-21(32-19(3)31)9-11-27(20,4)23(22)10-12-28(24,26)5/h6,17-18,21-26,30H,7-16H2,1-5H3/t17-,18-,21-,22+,23-,24-,25-,26-,27-,28-,29-/m0/s1. The van der Waals surface area contributed by atoms with Crippen molar-refractivity contribution in [1.82, 2.24) is 5.32 Å². The van der Waals surface area contributed by atoms with E-state index in [4.69, 9.17) is 9.47 Å². The molecule has 4 nitrogen and oxygen atoms in total. The van der Waals surface area contributed by atoms with Gasteiger partial charge in [-0.25, -0.2) is 0 Å². The maximum atomic E-state index is 11.5. The summed E-state index contributed by atoms with van der Waals surface area (Å²) in [5.41, 5.74) is 2.24. The fourth-order valence-electron chi connectivity index (χ4n) is 10.2. The Morgan fingerprint density at radius 1 is 1.12 bits per heavy atom. The highest BCUT2D eigenvalue weighted by Gasteiger charge is 2.68. The van der Waals surface area contributed by atoms with Crippen LogP contribution in [0.2, 0.25) is 0 Å². The van der Waals surface area contributed by atoms with Gasteiger partial charge in [0.2, 0.25) is 0 Å². The van der Waals surface area contributed by atoms with Crippen molar-refractivity contribution in [2.45, 2.75) is 110 Å². The maximum absolute atomic E-state index is 11.5. The third-order valence-electron chi connectivity index (χ3n) is 11.9. The van der Waals surface area contributed by atoms with E-state index < -0.39 is 0 Å². The van der Waals surface area contributed by atoms with Crippen LogP contribution in [0.15, 0.2) is 11.6 Å². The molecule has 11 atom stereocenters. The summed E-state index contributed by atoms with van der Waals surface area (Å²) in [4.78, 5) is 11.5. The van der Waals surface area contributed by atoms with Gasteiger partial charge in [0, 0.05) is 25.8 Å². The van der Waals surface area contributed by atoms with Crippen LogP contribution in [-0.4, -0.2) is 30.4 Å². The summed E-state index contributed by atoms with van der Waals surface area (Å²) in [7, 11) is 0. The van der Waals surface area contributed by atoms with E-state index in [0.717, 1.165) is 43.1 Å². The molecule has 6 rings (SSSR count). The molecule has 6 aliphatic rings. The molecule has 1 spiro atoms. The molecule has 184 valence electrons. The Bertz CT molecular complexity index is 844. The summed E-state index contributed by atoms with van der Waals surface area (Å²) in [6.45, 7) is 12.7. The monoisotopic (exact) mass is 455 g/mol. The lowest BCUT2D eigenvalue weighted by molar-refractivity contribution is -0.148. The first kappa shape index (κ1) is 22.6. The van der Waals surface area contributed by atoms with Crippen LogP contribution >= 0.6 is 0 Å². The molecule has 33 heavy (non-hydrogen) atoms. The fourth-order valence-corrected chi connectivity index (χ4v) is 10.2. The highest BCUT2D eigenvalue weighted by molar-refractivity contribution is 5.66. The Kier molecular flexibility index (Phi) is 5.18. The van der Waals surface area contributed by atoms with Crippen LogP contribution in [0.25, 0.3) is 0 Å². The van der Waals surface area contributed by atoms with Gasteiger partial charge >= 0.3 is 5.97 Å². The molecule has 2 heterocycles. The van der Waals surface area contributed by atoms with Crippen LogP contribution in [0.5, 0.6) is 0 Å². The Balaban J connectivity index is 1.24. The zero-order valence-corrected chi connectivity index (χ0v) is 21.5. The molecule has 3 saturated carbocycles. The minimum Gasteiger partial charge on any atom is -0.462 e. The number of ether oxygens (including phenoxy) is 2. The molecule has 4 heteroatoms. The number of carbonyl (C=O) groups is 1. The predicted octanol–water partition coefficient (Wildman–Crippen LogP) is 5.86. The molecular formula is C29H45NO3. The zero-order chi connectivity index (χ0) is 23.2. The number of hydrogen-bond donors (Lipinski definition) is 1. The third-order valence-corrected chi connectivity index (χ3v) is 11.9. The lowest BCUT2D eigenvalue weighted by Gasteiger charge is -2.58. The first-order valence-corrected chi connectivity index (χ1v) is 14.0. The first-order chi connectivity index (χ1) is 15.7. The van der Waals surface area contributed by atoms with Crippen LogP contribution in [0.3, 0.4) is 0 Å². The maximum Gasteiger partial charge on any atom is 0.302 e. The molecule has 5 fully saturated rings. The van der Waals surface area contributed by atoms with E-state index in [2.05, 4.69) is 39.1 Å². The number of fused-ring (bicyclic) bond motifs is 7. The summed E-state index contributed by atoms with van der Waals surface area (Å²) in [6, 6.07) is 0. The van der Waals surface area contributed by atoms with Gasteiger partial charge in [0.05, 0.1) is 6.10 Å². The summed E-state index contributed by atoms with van der Waals surface area (Å²) in [5.74, 6) is 4.30. The minimum atomic E-state index is -0.127. The molecule has 0 bridgehead atoms. The van der Waals surface area contributed by atoms with Crippen molar-refractivity contribution in [2.24, 2.45) is 46.3 Å². The number of piperidine rings is 1. The van der Waals surface area contributed by atoms with Gasteiger partial charge in [0.15, 0.2) is 0 Å². The molecule has 0 amide bonds. The quantitative estimate of drug-likeness (QED) is 0.397. The fraction of sp³-hybridized carbons (Fsp3) is 0.897. The van der Waals surface area contributed by atoms with Crippen molar-refractivity contribution in [3.8, 4) is 0 Å². The number of esters is 1. The Morgan fingerprint density at radius 2 is 1.94 bits per heavy atom. The largest absolute Gasteiger partial charge is 0.462 e. The number of rotatable bonds is 1. The van der Waals surface area contributed by atoms with Gasteiger partial charge in [-0.3, -0.25) is 10.1 Å². The van der Waals surface area contributed by atoms with E-state index in [0.29, 0.717) is 28.8 Å². The van der Waals surface area contributed by atoms with E-state index in [1.54, 1.807) is 12.5 Å². The van der Waals surface area contributed by atoms with Crippen molar-refractivity contribution in [2.75, 3.05) is 6.54 Å². The van der Waals surface area contributed by atoms with E-state index in [1.807, 2.05) is 0 Å². The molecule has 2 aliphatic heterocycles. The predicted molar refractivity (Wildman–Crippen MR) is 129 cm³/mol. The van der Waals surface area contributed by atoms with Gasteiger partial charge in [-0.1, -0.05) is 39.3 Å². The summed E-state index contributed by atoms with van der Waals surface area (Å²) in [5, 5.41) is 3.88. The average molecular weight is 456 g/mol. The van der Waals surface area contributed by atoms with E-state index in [-0.39, 0.29) is 17.8 Å². The molecule has 0 aromatic heterocycles. The number of nitrogens with one attached hydrogen (secondary N) is 1. The smallest absolute Gasteiger partial charge is 0.302 e. The second-order valence-corrected chi connectivity index (χ2v) is 13.4. The lowest BCUT2D eigenvalue weighted by atomic mass is 9.47.